The maximum atomic E-state index is 7.62. The van der Waals surface area contributed by atoms with Crippen LogP contribution in [0.4, 0.5) is 0 Å². The molecule has 2 nitrogen and oxygen atoms in total. The van der Waals surface area contributed by atoms with Gasteiger partial charge in [0.2, 0.25) is 0 Å². The number of allylic oxidation sites excluding steroid dienone is 4. The van der Waals surface area contributed by atoms with Crippen LogP contribution < -0.4 is 0 Å². The van der Waals surface area contributed by atoms with Crippen molar-refractivity contribution in [3.05, 3.63) is 50.6 Å². The summed E-state index contributed by atoms with van der Waals surface area (Å²) in [4.78, 5) is 0. The van der Waals surface area contributed by atoms with E-state index in [0.717, 1.165) is 12.8 Å². The zero-order valence-corrected chi connectivity index (χ0v) is 10.9. The van der Waals surface area contributed by atoms with Gasteiger partial charge in [-0.05, 0) is 26.7 Å². The third-order valence-corrected chi connectivity index (χ3v) is 0.675. The Morgan fingerprint density at radius 1 is 0.750 bits per heavy atom. The molecule has 0 rings (SSSR count). The Balaban J connectivity index is -0.0000000635. The molecule has 0 saturated heterocycles. The van der Waals surface area contributed by atoms with Crippen LogP contribution in [0.5, 0.6) is 0 Å². The summed E-state index contributed by atoms with van der Waals surface area (Å²) in [5, 5.41) is 15.2. The molecule has 0 aliphatic heterocycles. The summed E-state index contributed by atoms with van der Waals surface area (Å²) in [6, 6.07) is 0. The van der Waals surface area contributed by atoms with Gasteiger partial charge < -0.3 is 10.2 Å². The minimum atomic E-state index is -0.125. The Labute approximate surface area is 101 Å². The predicted octanol–water partition coefficient (Wildman–Crippen LogP) is 3.49. The lowest BCUT2D eigenvalue weighted by atomic mass is 10.3. The summed E-state index contributed by atoms with van der Waals surface area (Å²) in [5.41, 5.74) is 0. The fourth-order valence-corrected chi connectivity index (χ4v) is 0.236. The molecule has 0 saturated carbocycles. The van der Waals surface area contributed by atoms with E-state index in [-0.39, 0.29) is 13.2 Å². The molecule has 0 heterocycles. The fraction of sp³-hybridized carbons (Fsp3) is 0.429. The second-order valence-corrected chi connectivity index (χ2v) is 2.42. The van der Waals surface area contributed by atoms with E-state index in [1.165, 1.54) is 0 Å². The second-order valence-electron chi connectivity index (χ2n) is 2.42. The minimum Gasteiger partial charge on any atom is -0.394 e. The molecule has 0 aromatic carbocycles. The van der Waals surface area contributed by atoms with Crippen LogP contribution in [-0.2, 0) is 0 Å². The number of hydrogen-bond acceptors (Lipinski definition) is 2. The fourth-order valence-electron chi connectivity index (χ4n) is 0.236. The van der Waals surface area contributed by atoms with Crippen LogP contribution in [0.2, 0.25) is 0 Å². The largest absolute Gasteiger partial charge is 0.394 e. The molecule has 0 bridgehead atoms. The Hall–Kier alpha value is -1.12. The lowest BCUT2D eigenvalue weighted by Crippen LogP contribution is -1.85. The van der Waals surface area contributed by atoms with Gasteiger partial charge in [0.1, 0.15) is 0 Å². The highest BCUT2D eigenvalue weighted by Gasteiger charge is 1.66. The first-order valence-corrected chi connectivity index (χ1v) is 5.24. The summed E-state index contributed by atoms with van der Waals surface area (Å²) in [5.74, 6) is 0. The summed E-state index contributed by atoms with van der Waals surface area (Å²) in [6.45, 7) is 17.4. The zero-order chi connectivity index (χ0) is 13.7. The zero-order valence-electron chi connectivity index (χ0n) is 10.9. The number of aliphatic hydroxyl groups is 2. The van der Waals surface area contributed by atoms with E-state index in [1.807, 2.05) is 26.0 Å². The van der Waals surface area contributed by atoms with E-state index in [4.69, 9.17) is 10.2 Å². The molecule has 0 unspecified atom stereocenters. The van der Waals surface area contributed by atoms with Crippen LogP contribution in [0.3, 0.4) is 0 Å². The molecule has 0 aliphatic rings. The second kappa shape index (κ2) is 48.6. The van der Waals surface area contributed by atoms with Crippen molar-refractivity contribution < 1.29 is 10.2 Å². The number of hydrogen-bond donors (Lipinski definition) is 2. The van der Waals surface area contributed by atoms with Crippen molar-refractivity contribution in [3.63, 3.8) is 0 Å². The molecule has 0 spiro atoms. The summed E-state index contributed by atoms with van der Waals surface area (Å²) in [7, 11) is 0. The lowest BCUT2D eigenvalue weighted by molar-refractivity contribution is 0.186. The Bertz CT molecular complexity index is 113. The van der Waals surface area contributed by atoms with Gasteiger partial charge in [0.15, 0.2) is 0 Å². The van der Waals surface area contributed by atoms with Crippen LogP contribution in [0.15, 0.2) is 50.6 Å². The number of aliphatic hydroxyl groups excluding tert-OH is 2. The average molecular weight is 228 g/mol. The first-order valence-electron chi connectivity index (χ1n) is 5.24. The molecule has 0 fully saturated rings. The van der Waals surface area contributed by atoms with Crippen LogP contribution in [0, 0.1) is 0 Å². The molecule has 0 atom stereocenters. The van der Waals surface area contributed by atoms with Crippen molar-refractivity contribution in [2.45, 2.75) is 26.7 Å². The van der Waals surface area contributed by atoms with Gasteiger partial charge in [0, 0.05) is 0 Å². The monoisotopic (exact) mass is 228 g/mol. The Kier molecular flexibility index (Phi) is 73.6. The van der Waals surface area contributed by atoms with Gasteiger partial charge in [0.05, 0.1) is 13.2 Å². The van der Waals surface area contributed by atoms with E-state index in [1.54, 1.807) is 12.2 Å². The van der Waals surface area contributed by atoms with E-state index >= 15 is 0 Å². The molecule has 2 heteroatoms. The third kappa shape index (κ3) is 219. The average Bonchev–Trinajstić information content (AvgIpc) is 2.29. The first-order chi connectivity index (χ1) is 7.66. The molecule has 2 N–H and O–H groups in total. The van der Waals surface area contributed by atoms with Crippen LogP contribution >= 0.6 is 0 Å². The first kappa shape index (κ1) is 24.2. The van der Waals surface area contributed by atoms with E-state index in [9.17, 15) is 0 Å². The molecular formula is C14H28O2. The van der Waals surface area contributed by atoms with Gasteiger partial charge in [-0.1, -0.05) is 24.3 Å². The summed E-state index contributed by atoms with van der Waals surface area (Å²) < 4.78 is 0. The molecule has 0 aromatic heterocycles. The Morgan fingerprint density at radius 2 is 0.938 bits per heavy atom. The van der Waals surface area contributed by atoms with E-state index < -0.39 is 0 Å². The van der Waals surface area contributed by atoms with Gasteiger partial charge in [-0.3, -0.25) is 0 Å². The smallest absolute Gasteiger partial charge is 0.0662 e. The van der Waals surface area contributed by atoms with Crippen LogP contribution in [0.1, 0.15) is 26.7 Å². The molecule has 0 radical (unpaired) electrons. The van der Waals surface area contributed by atoms with Crippen molar-refractivity contribution in [1.29, 1.82) is 0 Å². The number of unbranched alkanes of at least 4 members (excludes halogenated alkanes) is 1. The van der Waals surface area contributed by atoms with E-state index in [2.05, 4.69) is 26.3 Å². The molecule has 16 heavy (non-hydrogen) atoms. The third-order valence-electron chi connectivity index (χ3n) is 0.675. The van der Waals surface area contributed by atoms with Crippen LogP contribution in [-0.4, -0.2) is 23.4 Å². The van der Waals surface area contributed by atoms with Gasteiger partial charge in [-0.15, -0.1) is 26.3 Å². The van der Waals surface area contributed by atoms with Crippen molar-refractivity contribution in [2.24, 2.45) is 0 Å². The van der Waals surface area contributed by atoms with Gasteiger partial charge in [-0.2, -0.15) is 0 Å². The quantitative estimate of drug-likeness (QED) is 0.571. The Morgan fingerprint density at radius 3 is 1.00 bits per heavy atom. The van der Waals surface area contributed by atoms with E-state index in [0.29, 0.717) is 0 Å². The number of rotatable bonds is 4. The maximum absolute atomic E-state index is 7.62. The highest BCUT2D eigenvalue weighted by atomic mass is 16.3. The molecular weight excluding hydrogens is 200 g/mol. The van der Waals surface area contributed by atoms with Crippen molar-refractivity contribution in [2.75, 3.05) is 13.2 Å². The lowest BCUT2D eigenvalue weighted by Gasteiger charge is -1.76. The minimum absolute atomic E-state index is 0.125. The molecule has 0 aliphatic carbocycles. The van der Waals surface area contributed by atoms with Crippen molar-refractivity contribution >= 4 is 0 Å². The summed E-state index contributed by atoms with van der Waals surface area (Å²) in [6.07, 6.45) is 9.40. The standard InChI is InChI=1S/C6H10.2C3H6.C2H6O2/c1-3-5-6-4-2;2*1-3-2;3-1-2-4/h3-4H,1-2,5-6H2;2*3H,1H2,2H3;3-4H,1-2H2. The van der Waals surface area contributed by atoms with Gasteiger partial charge >= 0.3 is 0 Å². The summed E-state index contributed by atoms with van der Waals surface area (Å²) >= 11 is 0. The highest BCUT2D eigenvalue weighted by molar-refractivity contribution is 4.74. The molecule has 0 aromatic rings. The maximum Gasteiger partial charge on any atom is 0.0662 e. The van der Waals surface area contributed by atoms with Crippen molar-refractivity contribution in [3.8, 4) is 0 Å². The van der Waals surface area contributed by atoms with Crippen LogP contribution in [0.25, 0.3) is 0 Å². The van der Waals surface area contributed by atoms with Crippen molar-refractivity contribution in [1.82, 2.24) is 0 Å². The van der Waals surface area contributed by atoms with Gasteiger partial charge in [0.25, 0.3) is 0 Å². The normalized spacial score (nSPS) is 6.25. The topological polar surface area (TPSA) is 40.5 Å². The molecule has 96 valence electrons. The molecule has 0 amide bonds. The predicted molar refractivity (Wildman–Crippen MR) is 75.5 cm³/mol. The highest BCUT2D eigenvalue weighted by Crippen LogP contribution is 1.86. The SMILES string of the molecule is C=CC.C=CC.C=CCCC=C.OCCO. The van der Waals surface area contributed by atoms with Gasteiger partial charge in [-0.25, -0.2) is 0 Å².